The molecular weight excluding hydrogens is 368 g/mol. The predicted molar refractivity (Wildman–Crippen MR) is 107 cm³/mol. The minimum Gasteiger partial charge on any atom is -0.348 e. The predicted octanol–water partition coefficient (Wildman–Crippen LogP) is 2.20. The normalized spacial score (nSPS) is 16.9. The zero-order valence-electron chi connectivity index (χ0n) is 17.1. The molecule has 0 aromatic carbocycles. The molecule has 1 fully saturated rings. The van der Waals surface area contributed by atoms with Crippen molar-refractivity contribution >= 4 is 11.8 Å². The number of hydrogen-bond donors (Lipinski definition) is 1. The Hall–Kier alpha value is -2.77. The first-order valence-corrected chi connectivity index (χ1v) is 10.5. The van der Waals surface area contributed by atoms with Gasteiger partial charge in [-0.15, -0.1) is 0 Å². The molecule has 29 heavy (non-hydrogen) atoms. The molecule has 2 amide bonds. The number of fused-ring (bicyclic) bond motifs is 1. The van der Waals surface area contributed by atoms with Crippen molar-refractivity contribution in [3.8, 4) is 0 Å². The summed E-state index contributed by atoms with van der Waals surface area (Å²) in [6, 6.07) is 0.231. The largest absolute Gasteiger partial charge is 0.348 e. The summed E-state index contributed by atoms with van der Waals surface area (Å²) in [7, 11) is 0. The lowest BCUT2D eigenvalue weighted by Crippen LogP contribution is -2.38. The quantitative estimate of drug-likeness (QED) is 0.836. The maximum atomic E-state index is 13.0. The third kappa shape index (κ3) is 4.16. The highest BCUT2D eigenvalue weighted by atomic mass is 16.2. The van der Waals surface area contributed by atoms with Crippen molar-refractivity contribution in [1.82, 2.24) is 30.0 Å². The maximum Gasteiger partial charge on any atom is 0.274 e. The molecule has 0 unspecified atom stereocenters. The molecule has 4 rings (SSSR count). The monoisotopic (exact) mass is 396 g/mol. The zero-order chi connectivity index (χ0) is 20.4. The average Bonchev–Trinajstić information content (AvgIpc) is 3.35. The fraction of sp³-hybridized carbons (Fsp3) is 0.571. The first kappa shape index (κ1) is 19.5. The maximum absolute atomic E-state index is 13.0. The van der Waals surface area contributed by atoms with Crippen LogP contribution in [0.4, 0.5) is 0 Å². The van der Waals surface area contributed by atoms with Crippen molar-refractivity contribution in [2.75, 3.05) is 6.54 Å². The van der Waals surface area contributed by atoms with Gasteiger partial charge in [0.05, 0.1) is 12.7 Å². The smallest absolute Gasteiger partial charge is 0.274 e. The summed E-state index contributed by atoms with van der Waals surface area (Å²) >= 11 is 0. The lowest BCUT2D eigenvalue weighted by molar-refractivity contribution is 0.0723. The fourth-order valence-corrected chi connectivity index (χ4v) is 4.24. The molecule has 8 heteroatoms. The van der Waals surface area contributed by atoms with Crippen LogP contribution in [0.15, 0.2) is 18.6 Å². The van der Waals surface area contributed by atoms with Crippen molar-refractivity contribution < 1.29 is 9.59 Å². The number of aromatic nitrogens is 4. The Balaban J connectivity index is 1.60. The van der Waals surface area contributed by atoms with Crippen LogP contribution in [0.3, 0.4) is 0 Å². The first-order chi connectivity index (χ1) is 14.0. The Bertz CT molecular complexity index is 886. The van der Waals surface area contributed by atoms with Crippen molar-refractivity contribution in [3.63, 3.8) is 0 Å². The van der Waals surface area contributed by atoms with E-state index in [1.165, 1.54) is 12.4 Å². The third-order valence-corrected chi connectivity index (χ3v) is 5.65. The van der Waals surface area contributed by atoms with Crippen LogP contribution in [0.25, 0.3) is 0 Å². The zero-order valence-corrected chi connectivity index (χ0v) is 17.1. The molecule has 0 bridgehead atoms. The number of nitrogens with one attached hydrogen (secondary N) is 1. The standard InChI is InChI=1S/C21H28N6O2/c1-14(2)12-27-18-7-10-26(21(29)17-11-22-8-9-23-17)13-16(18)19(25-27)20(28)24-15-5-3-4-6-15/h8-9,11,14-15H,3-7,10,12-13H2,1-2H3,(H,24,28). The van der Waals surface area contributed by atoms with Crippen LogP contribution in [0.5, 0.6) is 0 Å². The summed E-state index contributed by atoms with van der Waals surface area (Å²) in [5.74, 6) is 0.135. The first-order valence-electron chi connectivity index (χ1n) is 10.5. The van der Waals surface area contributed by atoms with Crippen molar-refractivity contribution in [1.29, 1.82) is 0 Å². The number of amides is 2. The summed E-state index contributed by atoms with van der Waals surface area (Å²) in [6.07, 6.45) is 9.59. The Morgan fingerprint density at radius 2 is 2.03 bits per heavy atom. The van der Waals surface area contributed by atoms with E-state index in [9.17, 15) is 9.59 Å². The molecule has 2 aromatic rings. The minimum atomic E-state index is -0.164. The van der Waals surface area contributed by atoms with E-state index in [0.717, 1.165) is 43.5 Å². The van der Waals surface area contributed by atoms with E-state index in [0.29, 0.717) is 36.8 Å². The molecule has 1 aliphatic carbocycles. The van der Waals surface area contributed by atoms with Gasteiger partial charge in [-0.2, -0.15) is 5.10 Å². The van der Waals surface area contributed by atoms with E-state index in [2.05, 4.69) is 34.2 Å². The van der Waals surface area contributed by atoms with Crippen LogP contribution in [0.2, 0.25) is 0 Å². The molecule has 1 N–H and O–H groups in total. The molecule has 1 saturated carbocycles. The number of carbonyl (C=O) groups excluding carboxylic acids is 2. The Morgan fingerprint density at radius 3 is 2.72 bits per heavy atom. The SMILES string of the molecule is CC(C)Cn1nc(C(=O)NC2CCCC2)c2c1CCN(C(=O)c1cnccn1)C2. The topological polar surface area (TPSA) is 93.0 Å². The summed E-state index contributed by atoms with van der Waals surface area (Å²) < 4.78 is 1.97. The molecule has 8 nitrogen and oxygen atoms in total. The van der Waals surface area contributed by atoms with Crippen LogP contribution in [-0.2, 0) is 19.5 Å². The van der Waals surface area contributed by atoms with E-state index < -0.39 is 0 Å². The molecule has 0 atom stereocenters. The average molecular weight is 396 g/mol. The Labute approximate surface area is 170 Å². The highest BCUT2D eigenvalue weighted by molar-refractivity contribution is 5.95. The molecule has 0 saturated heterocycles. The minimum absolute atomic E-state index is 0.121. The van der Waals surface area contributed by atoms with E-state index >= 15 is 0 Å². The molecule has 2 aromatic heterocycles. The van der Waals surface area contributed by atoms with Crippen LogP contribution in [0.1, 0.15) is 71.8 Å². The number of nitrogens with zero attached hydrogens (tertiary/aromatic N) is 5. The van der Waals surface area contributed by atoms with Crippen LogP contribution >= 0.6 is 0 Å². The van der Waals surface area contributed by atoms with Crippen LogP contribution < -0.4 is 5.32 Å². The van der Waals surface area contributed by atoms with Gasteiger partial charge in [-0.3, -0.25) is 19.3 Å². The number of carbonyl (C=O) groups is 2. The van der Waals surface area contributed by atoms with Gasteiger partial charge in [0.1, 0.15) is 5.69 Å². The molecule has 1 aliphatic heterocycles. The van der Waals surface area contributed by atoms with Crippen molar-refractivity contribution in [2.24, 2.45) is 5.92 Å². The van der Waals surface area contributed by atoms with Gasteiger partial charge in [0.25, 0.3) is 11.8 Å². The van der Waals surface area contributed by atoms with Crippen LogP contribution in [0, 0.1) is 5.92 Å². The molecule has 154 valence electrons. The van der Waals surface area contributed by atoms with Gasteiger partial charge in [0.2, 0.25) is 0 Å². The molecule has 0 spiro atoms. The fourth-order valence-electron chi connectivity index (χ4n) is 4.24. The van der Waals surface area contributed by atoms with E-state index in [1.54, 1.807) is 11.1 Å². The summed E-state index contributed by atoms with van der Waals surface area (Å²) in [5, 5.41) is 7.83. The van der Waals surface area contributed by atoms with Gasteiger partial charge in [-0.1, -0.05) is 26.7 Å². The highest BCUT2D eigenvalue weighted by Crippen LogP contribution is 2.25. The molecule has 0 radical (unpaired) electrons. The molecule has 3 heterocycles. The second kappa shape index (κ2) is 8.31. The highest BCUT2D eigenvalue weighted by Gasteiger charge is 2.32. The third-order valence-electron chi connectivity index (χ3n) is 5.65. The second-order valence-electron chi connectivity index (χ2n) is 8.37. The van der Waals surface area contributed by atoms with Gasteiger partial charge in [-0.25, -0.2) is 4.98 Å². The number of hydrogen-bond acceptors (Lipinski definition) is 5. The lowest BCUT2D eigenvalue weighted by atomic mass is 10.0. The second-order valence-corrected chi connectivity index (χ2v) is 8.37. The van der Waals surface area contributed by atoms with Gasteiger partial charge < -0.3 is 10.2 Å². The van der Waals surface area contributed by atoms with Gasteiger partial charge in [0, 0.05) is 49.2 Å². The van der Waals surface area contributed by atoms with Crippen molar-refractivity contribution in [3.05, 3.63) is 41.2 Å². The van der Waals surface area contributed by atoms with Gasteiger partial charge in [-0.05, 0) is 18.8 Å². The molecular formula is C21H28N6O2. The summed E-state index contributed by atoms with van der Waals surface area (Å²) in [6.45, 7) is 5.99. The van der Waals surface area contributed by atoms with E-state index in [4.69, 9.17) is 0 Å². The molecule has 2 aliphatic rings. The summed E-state index contributed by atoms with van der Waals surface area (Å²) in [5.41, 5.74) is 2.72. The van der Waals surface area contributed by atoms with Crippen molar-refractivity contribution in [2.45, 2.75) is 65.1 Å². The van der Waals surface area contributed by atoms with Gasteiger partial charge >= 0.3 is 0 Å². The van der Waals surface area contributed by atoms with Gasteiger partial charge in [0.15, 0.2) is 5.69 Å². The van der Waals surface area contributed by atoms with E-state index in [-0.39, 0.29) is 17.9 Å². The Morgan fingerprint density at radius 1 is 1.24 bits per heavy atom. The summed E-state index contributed by atoms with van der Waals surface area (Å²) in [4.78, 5) is 35.7. The lowest BCUT2D eigenvalue weighted by Gasteiger charge is -2.27. The number of rotatable bonds is 5. The van der Waals surface area contributed by atoms with Crippen LogP contribution in [-0.4, -0.2) is 49.0 Å². The van der Waals surface area contributed by atoms with E-state index in [1.807, 2.05) is 4.68 Å². The Kier molecular flexibility index (Phi) is 5.60.